The minimum absolute atomic E-state index is 0.0993. The van der Waals surface area contributed by atoms with E-state index in [0.29, 0.717) is 21.6 Å². The lowest BCUT2D eigenvalue weighted by atomic mass is 10.0. The van der Waals surface area contributed by atoms with Crippen LogP contribution < -0.4 is 11.3 Å². The molecule has 6 nitrogen and oxygen atoms in total. The minimum Gasteiger partial charge on any atom is -0.334 e. The Balaban J connectivity index is 1.63. The number of rotatable bonds is 8. The fourth-order valence-electron chi connectivity index (χ4n) is 2.98. The Hall–Kier alpha value is -2.51. The summed E-state index contributed by atoms with van der Waals surface area (Å²) in [4.78, 5) is 33.5. The van der Waals surface area contributed by atoms with Gasteiger partial charge in [0.1, 0.15) is 10.5 Å². The predicted octanol–water partition coefficient (Wildman–Crippen LogP) is 2.93. The fourth-order valence-corrected chi connectivity index (χ4v) is 3.70. The van der Waals surface area contributed by atoms with Crippen molar-refractivity contribution in [3.63, 3.8) is 0 Å². The Morgan fingerprint density at radius 2 is 1.96 bits per heavy atom. The number of nitrogens with two attached hydrogens (primary N) is 1. The Morgan fingerprint density at radius 3 is 2.70 bits per heavy atom. The lowest BCUT2D eigenvalue weighted by Gasteiger charge is -2.17. The number of aryl methyl sites for hydroxylation is 1. The molecular weight excluding hydrogens is 360 g/mol. The topological polar surface area (TPSA) is 92.1 Å². The van der Waals surface area contributed by atoms with Gasteiger partial charge in [-0.2, -0.15) is 0 Å². The molecule has 1 amide bonds. The van der Waals surface area contributed by atoms with E-state index in [-0.39, 0.29) is 18.0 Å². The third-order valence-corrected chi connectivity index (χ3v) is 5.37. The lowest BCUT2D eigenvalue weighted by Crippen LogP contribution is -2.28. The van der Waals surface area contributed by atoms with Crippen molar-refractivity contribution in [1.29, 1.82) is 0 Å². The highest BCUT2D eigenvalue weighted by Crippen LogP contribution is 2.15. The van der Waals surface area contributed by atoms with Crippen molar-refractivity contribution in [1.82, 2.24) is 14.9 Å². The number of amides is 1. The summed E-state index contributed by atoms with van der Waals surface area (Å²) in [6.07, 6.45) is 4.28. The van der Waals surface area contributed by atoms with Crippen LogP contribution in [0.15, 0.2) is 40.5 Å². The van der Waals surface area contributed by atoms with Gasteiger partial charge in [0.25, 0.3) is 11.5 Å². The normalized spacial score (nSPS) is 11.0. The first-order chi connectivity index (χ1) is 13.1. The van der Waals surface area contributed by atoms with E-state index in [4.69, 9.17) is 5.73 Å². The summed E-state index contributed by atoms with van der Waals surface area (Å²) in [5, 5.41) is 1.84. The maximum atomic E-state index is 12.7. The average Bonchev–Trinajstić information content (AvgIpc) is 3.14. The van der Waals surface area contributed by atoms with Gasteiger partial charge in [0.05, 0.1) is 12.1 Å². The van der Waals surface area contributed by atoms with Crippen molar-refractivity contribution in [2.75, 3.05) is 13.6 Å². The molecule has 0 radical (unpaired) electrons. The summed E-state index contributed by atoms with van der Waals surface area (Å²) < 4.78 is 0.606. The molecule has 0 aliphatic rings. The second kappa shape index (κ2) is 8.92. The molecule has 27 heavy (non-hydrogen) atoms. The van der Waals surface area contributed by atoms with Crippen LogP contribution in [0.25, 0.3) is 10.2 Å². The average molecular weight is 385 g/mol. The largest absolute Gasteiger partial charge is 0.334 e. The molecule has 0 saturated heterocycles. The number of aromatic nitrogens is 2. The van der Waals surface area contributed by atoms with Gasteiger partial charge in [0, 0.05) is 12.6 Å². The van der Waals surface area contributed by atoms with Crippen LogP contribution in [0.1, 0.15) is 41.0 Å². The van der Waals surface area contributed by atoms with E-state index in [1.54, 1.807) is 11.9 Å². The van der Waals surface area contributed by atoms with Gasteiger partial charge in [0.15, 0.2) is 0 Å². The molecule has 3 rings (SSSR count). The monoisotopic (exact) mass is 384 g/mol. The van der Waals surface area contributed by atoms with Crippen LogP contribution in [0, 0.1) is 0 Å². The number of fused-ring (bicyclic) bond motifs is 1. The third kappa shape index (κ3) is 4.81. The Labute approximate surface area is 162 Å². The first kappa shape index (κ1) is 19.3. The zero-order chi connectivity index (χ0) is 19.2. The van der Waals surface area contributed by atoms with Gasteiger partial charge < -0.3 is 15.6 Å². The second-order valence-corrected chi connectivity index (χ2v) is 7.52. The summed E-state index contributed by atoms with van der Waals surface area (Å²) >= 11 is 1.36. The number of benzene rings is 1. The Morgan fingerprint density at radius 1 is 1.19 bits per heavy atom. The molecule has 3 aromatic rings. The highest BCUT2D eigenvalue weighted by molar-refractivity contribution is 7.17. The molecule has 0 spiro atoms. The van der Waals surface area contributed by atoms with E-state index in [1.807, 2.05) is 35.7 Å². The summed E-state index contributed by atoms with van der Waals surface area (Å²) in [6, 6.07) is 9.53. The number of thiophene rings is 1. The second-order valence-electron chi connectivity index (χ2n) is 6.61. The van der Waals surface area contributed by atoms with Crippen LogP contribution >= 0.6 is 11.3 Å². The first-order valence-electron chi connectivity index (χ1n) is 9.09. The maximum absolute atomic E-state index is 12.7. The predicted molar refractivity (Wildman–Crippen MR) is 109 cm³/mol. The molecule has 1 aromatic carbocycles. The molecule has 0 unspecified atom stereocenters. The summed E-state index contributed by atoms with van der Waals surface area (Å²) in [6.45, 7) is 0.986. The molecule has 7 heteroatoms. The van der Waals surface area contributed by atoms with Gasteiger partial charge in [-0.05, 0) is 54.9 Å². The third-order valence-electron chi connectivity index (χ3n) is 4.47. The highest BCUT2D eigenvalue weighted by Gasteiger charge is 2.14. The van der Waals surface area contributed by atoms with E-state index in [9.17, 15) is 9.59 Å². The number of hydrogen-bond acceptors (Lipinski definition) is 5. The van der Waals surface area contributed by atoms with E-state index < -0.39 is 0 Å². The minimum atomic E-state index is -0.162. The van der Waals surface area contributed by atoms with E-state index in [1.165, 1.54) is 16.9 Å². The fraction of sp³-hybridized carbons (Fsp3) is 0.350. The van der Waals surface area contributed by atoms with Gasteiger partial charge in [-0.1, -0.05) is 18.6 Å². The summed E-state index contributed by atoms with van der Waals surface area (Å²) in [5.41, 5.74) is 7.86. The molecular formula is C20H24N4O2S. The number of carbonyl (C=O) groups is 1. The standard InChI is InChI=1S/C20H24N4O2S/c1-24(13-17-22-16-10-12-27-18(16)19(25)23-17)20(26)15-8-6-14(7-9-15)5-3-2-4-11-21/h6-10,12H,2-5,11,13,21H2,1H3,(H,22,23,25). The number of hydrogen-bond donors (Lipinski definition) is 2. The van der Waals surface area contributed by atoms with Crippen molar-refractivity contribution in [3.8, 4) is 0 Å². The van der Waals surface area contributed by atoms with Crippen molar-refractivity contribution in [3.05, 3.63) is 63.0 Å². The number of nitrogens with one attached hydrogen (secondary N) is 1. The van der Waals surface area contributed by atoms with Crippen molar-refractivity contribution in [2.45, 2.75) is 32.2 Å². The van der Waals surface area contributed by atoms with Gasteiger partial charge in [-0.25, -0.2) is 4.98 Å². The quantitative estimate of drug-likeness (QED) is 0.584. The lowest BCUT2D eigenvalue weighted by molar-refractivity contribution is 0.0781. The van der Waals surface area contributed by atoms with Gasteiger partial charge in [-0.3, -0.25) is 9.59 Å². The molecule has 2 aromatic heterocycles. The van der Waals surface area contributed by atoms with E-state index in [2.05, 4.69) is 9.97 Å². The van der Waals surface area contributed by atoms with Crippen LogP contribution in [-0.4, -0.2) is 34.4 Å². The number of aromatic amines is 1. The molecule has 2 heterocycles. The zero-order valence-corrected chi connectivity index (χ0v) is 16.2. The van der Waals surface area contributed by atoms with Crippen molar-refractivity contribution >= 4 is 27.5 Å². The molecule has 142 valence electrons. The number of unbranched alkanes of at least 4 members (excludes halogenated alkanes) is 2. The molecule has 3 N–H and O–H groups in total. The molecule has 0 bridgehead atoms. The van der Waals surface area contributed by atoms with Gasteiger partial charge in [0.2, 0.25) is 0 Å². The highest BCUT2D eigenvalue weighted by atomic mass is 32.1. The molecule has 0 aliphatic carbocycles. The van der Waals surface area contributed by atoms with Gasteiger partial charge in [-0.15, -0.1) is 11.3 Å². The molecule has 0 aliphatic heterocycles. The SMILES string of the molecule is CN(Cc1nc2ccsc2c(=O)[nH]1)C(=O)c1ccc(CCCCCN)cc1. The van der Waals surface area contributed by atoms with Crippen LogP contribution in [0.5, 0.6) is 0 Å². The first-order valence-corrected chi connectivity index (χ1v) is 9.97. The van der Waals surface area contributed by atoms with Gasteiger partial charge >= 0.3 is 0 Å². The Bertz CT molecular complexity index is 962. The number of nitrogens with zero attached hydrogens (tertiary/aromatic N) is 2. The number of carbonyl (C=O) groups excluding carboxylic acids is 1. The van der Waals surface area contributed by atoms with E-state index in [0.717, 1.165) is 32.2 Å². The Kier molecular flexibility index (Phi) is 6.36. The van der Waals surface area contributed by atoms with Crippen LogP contribution in [0.3, 0.4) is 0 Å². The molecule has 0 saturated carbocycles. The molecule has 0 fully saturated rings. The number of H-pyrrole nitrogens is 1. The van der Waals surface area contributed by atoms with E-state index >= 15 is 0 Å². The molecule has 0 atom stereocenters. The maximum Gasteiger partial charge on any atom is 0.268 e. The summed E-state index contributed by atoms with van der Waals surface area (Å²) in [7, 11) is 1.71. The van der Waals surface area contributed by atoms with Crippen molar-refractivity contribution in [2.24, 2.45) is 5.73 Å². The van der Waals surface area contributed by atoms with Crippen LogP contribution in [-0.2, 0) is 13.0 Å². The summed E-state index contributed by atoms with van der Waals surface area (Å²) in [5.74, 6) is 0.385. The zero-order valence-electron chi connectivity index (χ0n) is 15.4. The smallest absolute Gasteiger partial charge is 0.268 e. The van der Waals surface area contributed by atoms with Crippen LogP contribution in [0.4, 0.5) is 0 Å². The van der Waals surface area contributed by atoms with Crippen molar-refractivity contribution < 1.29 is 4.79 Å². The van der Waals surface area contributed by atoms with Crippen LogP contribution in [0.2, 0.25) is 0 Å².